The molecule has 1 aliphatic heterocycles. The lowest BCUT2D eigenvalue weighted by Crippen LogP contribution is -2.25. The normalized spacial score (nSPS) is 15.0. The van der Waals surface area contributed by atoms with E-state index in [9.17, 15) is 22.8 Å². The van der Waals surface area contributed by atoms with E-state index in [4.69, 9.17) is 9.47 Å². The third-order valence-electron chi connectivity index (χ3n) is 4.27. The highest BCUT2D eigenvalue weighted by Crippen LogP contribution is 2.29. The minimum absolute atomic E-state index is 0.0340. The van der Waals surface area contributed by atoms with Gasteiger partial charge in [0, 0.05) is 10.4 Å². The maximum atomic E-state index is 12.2. The number of nitrogens with zero attached hydrogens (tertiary/aromatic N) is 1. The number of fused-ring (bicyclic) bond motifs is 1. The highest BCUT2D eigenvalue weighted by Gasteiger charge is 2.30. The fourth-order valence-electron chi connectivity index (χ4n) is 2.82. The minimum atomic E-state index is -3.71. The van der Waals surface area contributed by atoms with Gasteiger partial charge < -0.3 is 14.8 Å². The van der Waals surface area contributed by atoms with Crippen molar-refractivity contribution < 1.29 is 32.3 Å². The number of esters is 2. The number of nitrogens with one attached hydrogen (secondary N) is 2. The fourth-order valence-corrected chi connectivity index (χ4v) is 5.07. The fraction of sp³-hybridized carbons (Fsp3) is 0.300. The zero-order valence-corrected chi connectivity index (χ0v) is 19.0. The standard InChI is InChI=1S/C20H21N3O7S2/c1-3-12-9-14(20(26)29-4-2)19(31-12)22-16(24)11-30-17(25)10-21-18-13-7-5-6-8-15(13)32(27,28)23-18/h5-9H,3-4,10-11H2,1-2H3,(H,21,23)(H,22,24). The lowest BCUT2D eigenvalue weighted by Gasteiger charge is -2.07. The molecule has 0 saturated heterocycles. The molecule has 1 aliphatic rings. The van der Waals surface area contributed by atoms with Gasteiger partial charge in [-0.25, -0.2) is 13.2 Å². The molecule has 0 radical (unpaired) electrons. The van der Waals surface area contributed by atoms with Crippen molar-refractivity contribution in [1.29, 1.82) is 0 Å². The number of hydrogen-bond donors (Lipinski definition) is 2. The van der Waals surface area contributed by atoms with E-state index in [1.54, 1.807) is 31.2 Å². The summed E-state index contributed by atoms with van der Waals surface area (Å²) in [6.07, 6.45) is 0.676. The molecule has 2 N–H and O–H groups in total. The lowest BCUT2D eigenvalue weighted by atomic mass is 10.2. The lowest BCUT2D eigenvalue weighted by molar-refractivity contribution is -0.145. The van der Waals surface area contributed by atoms with E-state index in [2.05, 4.69) is 15.0 Å². The molecule has 3 rings (SSSR count). The quantitative estimate of drug-likeness (QED) is 0.549. The number of sulfonamides is 1. The highest BCUT2D eigenvalue weighted by molar-refractivity contribution is 7.90. The first-order valence-corrected chi connectivity index (χ1v) is 12.0. The Bertz CT molecular complexity index is 1190. The van der Waals surface area contributed by atoms with Gasteiger partial charge in [-0.05, 0) is 31.5 Å². The molecular formula is C20H21N3O7S2. The topological polar surface area (TPSA) is 140 Å². The van der Waals surface area contributed by atoms with Gasteiger partial charge in [-0.15, -0.1) is 11.3 Å². The second kappa shape index (κ2) is 9.92. The van der Waals surface area contributed by atoms with Crippen LogP contribution in [0.4, 0.5) is 5.00 Å². The Morgan fingerprint density at radius 1 is 1.16 bits per heavy atom. The van der Waals surface area contributed by atoms with Gasteiger partial charge in [-0.3, -0.25) is 19.3 Å². The van der Waals surface area contributed by atoms with Crippen molar-refractivity contribution in [1.82, 2.24) is 4.72 Å². The monoisotopic (exact) mass is 479 g/mol. The SMILES string of the molecule is CCOC(=O)c1cc(CC)sc1NC(=O)COC(=O)CN=C1NS(=O)(=O)c2ccccc21. The molecule has 10 nitrogen and oxygen atoms in total. The molecular weight excluding hydrogens is 458 g/mol. The van der Waals surface area contributed by atoms with Crippen molar-refractivity contribution in [3.8, 4) is 0 Å². The van der Waals surface area contributed by atoms with Crippen molar-refractivity contribution in [2.75, 3.05) is 25.1 Å². The number of anilines is 1. The Hall–Kier alpha value is -3.25. The zero-order chi connectivity index (χ0) is 23.3. The number of carbonyl (C=O) groups is 3. The van der Waals surface area contributed by atoms with Crippen LogP contribution in [-0.2, 0) is 35.5 Å². The van der Waals surface area contributed by atoms with Crippen LogP contribution in [0.5, 0.6) is 0 Å². The summed E-state index contributed by atoms with van der Waals surface area (Å²) in [5, 5.41) is 2.87. The summed E-state index contributed by atoms with van der Waals surface area (Å²) < 4.78 is 36.3. The van der Waals surface area contributed by atoms with Gasteiger partial charge in [-0.1, -0.05) is 19.1 Å². The van der Waals surface area contributed by atoms with E-state index in [1.165, 1.54) is 17.4 Å². The van der Waals surface area contributed by atoms with E-state index < -0.39 is 41.0 Å². The molecule has 2 heterocycles. The molecule has 32 heavy (non-hydrogen) atoms. The number of ether oxygens (including phenoxy) is 2. The third-order valence-corrected chi connectivity index (χ3v) is 6.87. The van der Waals surface area contributed by atoms with Crippen molar-refractivity contribution in [3.63, 3.8) is 0 Å². The predicted octanol–water partition coefficient (Wildman–Crippen LogP) is 1.71. The van der Waals surface area contributed by atoms with Crippen LogP contribution in [0.1, 0.15) is 34.6 Å². The van der Waals surface area contributed by atoms with Crippen molar-refractivity contribution in [2.24, 2.45) is 4.99 Å². The Morgan fingerprint density at radius 2 is 1.91 bits per heavy atom. The van der Waals surface area contributed by atoms with Gasteiger partial charge >= 0.3 is 11.9 Å². The second-order valence-electron chi connectivity index (χ2n) is 6.50. The first-order valence-electron chi connectivity index (χ1n) is 9.67. The number of hydrogen-bond acceptors (Lipinski definition) is 9. The highest BCUT2D eigenvalue weighted by atomic mass is 32.2. The van der Waals surface area contributed by atoms with Crippen LogP contribution in [0.15, 0.2) is 40.2 Å². The van der Waals surface area contributed by atoms with Crippen LogP contribution in [0, 0.1) is 0 Å². The molecule has 1 aromatic carbocycles. The molecule has 0 atom stereocenters. The average Bonchev–Trinajstić information content (AvgIpc) is 3.29. The summed E-state index contributed by atoms with van der Waals surface area (Å²) in [5.41, 5.74) is 0.598. The van der Waals surface area contributed by atoms with E-state index in [-0.39, 0.29) is 22.9 Å². The largest absolute Gasteiger partial charge is 0.462 e. The number of thiophene rings is 1. The average molecular weight is 480 g/mol. The molecule has 0 saturated carbocycles. The number of benzene rings is 1. The number of carbonyl (C=O) groups excluding carboxylic acids is 3. The predicted molar refractivity (Wildman–Crippen MR) is 117 cm³/mol. The van der Waals surface area contributed by atoms with Gasteiger partial charge in [0.05, 0.1) is 17.1 Å². The summed E-state index contributed by atoms with van der Waals surface area (Å²) in [7, 11) is -3.71. The van der Waals surface area contributed by atoms with Gasteiger partial charge in [0.25, 0.3) is 15.9 Å². The Labute approximate surface area is 188 Å². The third kappa shape index (κ3) is 5.32. The molecule has 12 heteroatoms. The van der Waals surface area contributed by atoms with Gasteiger partial charge in [-0.2, -0.15) is 0 Å². The number of amidine groups is 1. The number of aliphatic imine (C=N–C) groups is 1. The number of amides is 1. The molecule has 2 aromatic rings. The minimum Gasteiger partial charge on any atom is -0.462 e. The van der Waals surface area contributed by atoms with Crippen LogP contribution in [0.25, 0.3) is 0 Å². The van der Waals surface area contributed by atoms with Crippen molar-refractivity contribution in [2.45, 2.75) is 25.2 Å². The number of rotatable bonds is 8. The molecule has 1 amide bonds. The number of aryl methyl sites for hydroxylation is 1. The van der Waals surface area contributed by atoms with Crippen molar-refractivity contribution >= 4 is 50.0 Å². The maximum absolute atomic E-state index is 12.2. The Balaban J connectivity index is 1.57. The zero-order valence-electron chi connectivity index (χ0n) is 17.3. The molecule has 0 spiro atoms. The molecule has 0 aliphatic carbocycles. The molecule has 1 aromatic heterocycles. The maximum Gasteiger partial charge on any atom is 0.341 e. The Morgan fingerprint density at radius 3 is 2.62 bits per heavy atom. The van der Waals surface area contributed by atoms with E-state index in [1.807, 2.05) is 6.92 Å². The molecule has 0 bridgehead atoms. The van der Waals surface area contributed by atoms with Gasteiger partial charge in [0.1, 0.15) is 17.4 Å². The molecule has 0 fully saturated rings. The van der Waals surface area contributed by atoms with E-state index in [0.717, 1.165) is 4.88 Å². The molecule has 0 unspecified atom stereocenters. The summed E-state index contributed by atoms with van der Waals surface area (Å²) in [4.78, 5) is 41.2. The van der Waals surface area contributed by atoms with E-state index in [0.29, 0.717) is 17.0 Å². The van der Waals surface area contributed by atoms with Crippen LogP contribution >= 0.6 is 11.3 Å². The first-order chi connectivity index (χ1) is 15.2. The van der Waals surface area contributed by atoms with Crippen molar-refractivity contribution in [3.05, 3.63) is 46.3 Å². The van der Waals surface area contributed by atoms with Crippen LogP contribution < -0.4 is 10.0 Å². The summed E-state index contributed by atoms with van der Waals surface area (Å²) in [6.45, 7) is 2.73. The van der Waals surface area contributed by atoms with E-state index >= 15 is 0 Å². The van der Waals surface area contributed by atoms with Crippen LogP contribution in [-0.4, -0.2) is 51.9 Å². The smallest absolute Gasteiger partial charge is 0.341 e. The second-order valence-corrected chi connectivity index (χ2v) is 9.29. The Kier molecular flexibility index (Phi) is 7.26. The molecule has 170 valence electrons. The van der Waals surface area contributed by atoms with Gasteiger partial charge in [0.15, 0.2) is 6.61 Å². The van der Waals surface area contributed by atoms with Crippen LogP contribution in [0.3, 0.4) is 0 Å². The first kappa shape index (κ1) is 23.4. The summed E-state index contributed by atoms with van der Waals surface area (Å²) in [5.74, 6) is -1.96. The van der Waals surface area contributed by atoms with Gasteiger partial charge in [0.2, 0.25) is 0 Å². The van der Waals surface area contributed by atoms with Crippen LogP contribution in [0.2, 0.25) is 0 Å². The summed E-state index contributed by atoms with van der Waals surface area (Å²) >= 11 is 1.24. The summed E-state index contributed by atoms with van der Waals surface area (Å²) in [6, 6.07) is 7.89.